The Morgan fingerprint density at radius 3 is 2.51 bits per heavy atom. The van der Waals surface area contributed by atoms with Crippen LogP contribution in [0.5, 0.6) is 11.5 Å². The SMILES string of the molecule is CCOc1cc2c(cc1OCC)[C@H]1[C@H](C(=O)NCc3ccc(C)o3)c3ccccc3C(=O)N1CC2. The molecule has 0 radical (unpaired) electrons. The Morgan fingerprint density at radius 2 is 1.80 bits per heavy atom. The summed E-state index contributed by atoms with van der Waals surface area (Å²) in [7, 11) is 0. The quantitative estimate of drug-likeness (QED) is 0.544. The van der Waals surface area contributed by atoms with Crippen molar-refractivity contribution >= 4 is 11.8 Å². The first kappa shape index (κ1) is 23.0. The number of benzene rings is 2. The van der Waals surface area contributed by atoms with Gasteiger partial charge in [0.05, 0.1) is 31.7 Å². The second kappa shape index (κ2) is 9.49. The predicted molar refractivity (Wildman–Crippen MR) is 131 cm³/mol. The van der Waals surface area contributed by atoms with E-state index in [0.717, 1.165) is 22.5 Å². The molecule has 2 aliphatic rings. The minimum absolute atomic E-state index is 0.0474. The Labute approximate surface area is 205 Å². The van der Waals surface area contributed by atoms with Crippen molar-refractivity contribution < 1.29 is 23.5 Å². The van der Waals surface area contributed by atoms with Crippen molar-refractivity contribution in [2.45, 2.75) is 45.7 Å². The molecule has 0 saturated carbocycles. The zero-order chi connectivity index (χ0) is 24.5. The number of amides is 2. The van der Waals surface area contributed by atoms with Gasteiger partial charge >= 0.3 is 0 Å². The van der Waals surface area contributed by atoms with Gasteiger partial charge in [0.2, 0.25) is 5.91 Å². The molecule has 3 heterocycles. The van der Waals surface area contributed by atoms with Gasteiger partial charge in [-0.25, -0.2) is 0 Å². The van der Waals surface area contributed by atoms with Gasteiger partial charge in [0, 0.05) is 12.1 Å². The molecule has 7 nitrogen and oxygen atoms in total. The van der Waals surface area contributed by atoms with E-state index in [2.05, 4.69) is 5.32 Å². The maximum absolute atomic E-state index is 13.7. The average Bonchev–Trinajstić information content (AvgIpc) is 3.28. The molecular weight excluding hydrogens is 444 g/mol. The zero-order valence-electron chi connectivity index (χ0n) is 20.3. The van der Waals surface area contributed by atoms with Gasteiger partial charge in [0.1, 0.15) is 11.5 Å². The largest absolute Gasteiger partial charge is 0.490 e. The Bertz CT molecular complexity index is 1260. The lowest BCUT2D eigenvalue weighted by atomic mass is 9.75. The number of nitrogens with zero attached hydrogens (tertiary/aromatic N) is 1. The number of carbonyl (C=O) groups excluding carboxylic acids is 2. The fourth-order valence-electron chi connectivity index (χ4n) is 5.22. The number of hydrogen-bond donors (Lipinski definition) is 1. The van der Waals surface area contributed by atoms with Gasteiger partial charge in [-0.3, -0.25) is 9.59 Å². The van der Waals surface area contributed by atoms with Crippen molar-refractivity contribution in [3.05, 3.63) is 82.3 Å². The number of nitrogens with one attached hydrogen (secondary N) is 1. The summed E-state index contributed by atoms with van der Waals surface area (Å²) < 4.78 is 17.4. The smallest absolute Gasteiger partial charge is 0.254 e. The van der Waals surface area contributed by atoms with E-state index in [1.54, 1.807) is 0 Å². The van der Waals surface area contributed by atoms with Crippen molar-refractivity contribution in [3.63, 3.8) is 0 Å². The third kappa shape index (κ3) is 4.16. The Kier molecular flexibility index (Phi) is 6.24. The second-order valence-electron chi connectivity index (χ2n) is 8.85. The maximum atomic E-state index is 13.7. The standard InChI is InChI=1S/C28H30N2O5/c1-4-33-23-14-18-12-13-30-26(22(18)15-24(23)34-5-2)25(20-8-6-7-9-21(20)28(30)32)27(31)29-16-19-11-10-17(3)35-19/h6-11,14-15,25-26H,4-5,12-13,16H2,1-3H3,(H,29,31)/t25-,26+/m1/s1. The van der Waals surface area contributed by atoms with Gasteiger partial charge in [0.25, 0.3) is 5.91 Å². The molecule has 35 heavy (non-hydrogen) atoms. The third-order valence-electron chi connectivity index (χ3n) is 6.70. The van der Waals surface area contributed by atoms with Crippen LogP contribution in [0, 0.1) is 6.92 Å². The summed E-state index contributed by atoms with van der Waals surface area (Å²) in [6.45, 7) is 7.57. The van der Waals surface area contributed by atoms with E-state index < -0.39 is 12.0 Å². The van der Waals surface area contributed by atoms with Crippen LogP contribution < -0.4 is 14.8 Å². The first-order valence-corrected chi connectivity index (χ1v) is 12.2. The highest BCUT2D eigenvalue weighted by Crippen LogP contribution is 2.48. The first-order chi connectivity index (χ1) is 17.0. The molecule has 0 aliphatic carbocycles. The molecule has 0 spiro atoms. The maximum Gasteiger partial charge on any atom is 0.254 e. The topological polar surface area (TPSA) is 81.0 Å². The summed E-state index contributed by atoms with van der Waals surface area (Å²) in [5.74, 6) is 2.05. The monoisotopic (exact) mass is 474 g/mol. The van der Waals surface area contributed by atoms with E-state index >= 15 is 0 Å². The highest BCUT2D eigenvalue weighted by molar-refractivity contribution is 6.01. The molecule has 0 fully saturated rings. The summed E-state index contributed by atoms with van der Waals surface area (Å²) in [5, 5.41) is 3.05. The number of rotatable bonds is 7. The summed E-state index contributed by atoms with van der Waals surface area (Å²) in [6.07, 6.45) is 0.687. The van der Waals surface area contributed by atoms with E-state index in [-0.39, 0.29) is 18.4 Å². The fourth-order valence-corrected chi connectivity index (χ4v) is 5.22. The number of furan rings is 1. The predicted octanol–water partition coefficient (Wildman–Crippen LogP) is 4.54. The molecule has 2 amide bonds. The molecule has 7 heteroatoms. The molecule has 0 bridgehead atoms. The molecule has 1 N–H and O–H groups in total. The van der Waals surface area contributed by atoms with Crippen LogP contribution in [0.2, 0.25) is 0 Å². The van der Waals surface area contributed by atoms with E-state index in [1.807, 2.05) is 74.2 Å². The van der Waals surface area contributed by atoms with E-state index in [0.29, 0.717) is 49.0 Å². The van der Waals surface area contributed by atoms with Crippen molar-refractivity contribution in [2.75, 3.05) is 19.8 Å². The van der Waals surface area contributed by atoms with Crippen molar-refractivity contribution in [3.8, 4) is 11.5 Å². The average molecular weight is 475 g/mol. The highest BCUT2D eigenvalue weighted by Gasteiger charge is 2.46. The Morgan fingerprint density at radius 1 is 1.06 bits per heavy atom. The molecule has 2 aliphatic heterocycles. The van der Waals surface area contributed by atoms with Crippen LogP contribution in [0.1, 0.15) is 64.4 Å². The van der Waals surface area contributed by atoms with E-state index in [1.165, 1.54) is 0 Å². The molecule has 0 saturated heterocycles. The second-order valence-corrected chi connectivity index (χ2v) is 8.85. The van der Waals surface area contributed by atoms with Gasteiger partial charge < -0.3 is 24.1 Å². The molecule has 3 aromatic rings. The summed E-state index contributed by atoms with van der Waals surface area (Å²) in [5.41, 5.74) is 3.33. The number of ether oxygens (including phenoxy) is 2. The molecule has 2 atom stereocenters. The van der Waals surface area contributed by atoms with Gasteiger partial charge in [-0.2, -0.15) is 0 Å². The number of fused-ring (bicyclic) bond motifs is 4. The van der Waals surface area contributed by atoms with Crippen molar-refractivity contribution in [1.82, 2.24) is 10.2 Å². The molecular formula is C28H30N2O5. The van der Waals surface area contributed by atoms with E-state index in [9.17, 15) is 9.59 Å². The number of carbonyl (C=O) groups is 2. The Hall–Kier alpha value is -3.74. The summed E-state index contributed by atoms with van der Waals surface area (Å²) in [4.78, 5) is 29.1. The normalized spacial score (nSPS) is 18.4. The lowest BCUT2D eigenvalue weighted by Crippen LogP contribution is -2.50. The summed E-state index contributed by atoms with van der Waals surface area (Å²) in [6, 6.07) is 14.7. The summed E-state index contributed by atoms with van der Waals surface area (Å²) >= 11 is 0. The van der Waals surface area contributed by atoms with Gasteiger partial charge in [-0.05, 0) is 74.2 Å². The van der Waals surface area contributed by atoms with Crippen LogP contribution >= 0.6 is 0 Å². The third-order valence-corrected chi connectivity index (χ3v) is 6.70. The molecule has 0 unspecified atom stereocenters. The van der Waals surface area contributed by atoms with E-state index in [4.69, 9.17) is 13.9 Å². The molecule has 1 aromatic heterocycles. The Balaban J connectivity index is 1.58. The lowest BCUT2D eigenvalue weighted by molar-refractivity contribution is -0.124. The molecule has 182 valence electrons. The van der Waals surface area contributed by atoms with Gasteiger partial charge in [-0.15, -0.1) is 0 Å². The highest BCUT2D eigenvalue weighted by atomic mass is 16.5. The van der Waals surface area contributed by atoms with Crippen LogP contribution in [0.4, 0.5) is 0 Å². The lowest BCUT2D eigenvalue weighted by Gasteiger charge is -2.45. The van der Waals surface area contributed by atoms with Crippen molar-refractivity contribution in [1.29, 1.82) is 0 Å². The zero-order valence-corrected chi connectivity index (χ0v) is 20.3. The molecule has 5 rings (SSSR count). The van der Waals surface area contributed by atoms with Crippen LogP contribution in [-0.4, -0.2) is 36.5 Å². The van der Waals surface area contributed by atoms with Crippen molar-refractivity contribution in [2.24, 2.45) is 0 Å². The minimum atomic E-state index is -0.563. The number of aryl methyl sites for hydroxylation is 1. The van der Waals surface area contributed by atoms with Gasteiger partial charge in [-0.1, -0.05) is 18.2 Å². The van der Waals surface area contributed by atoms with Gasteiger partial charge in [0.15, 0.2) is 11.5 Å². The first-order valence-electron chi connectivity index (χ1n) is 12.2. The minimum Gasteiger partial charge on any atom is -0.490 e. The van der Waals surface area contributed by atoms with Crippen LogP contribution in [0.3, 0.4) is 0 Å². The van der Waals surface area contributed by atoms with Crippen LogP contribution in [0.25, 0.3) is 0 Å². The number of hydrogen-bond acceptors (Lipinski definition) is 5. The molecule has 2 aromatic carbocycles. The fraction of sp³-hybridized carbons (Fsp3) is 0.357. The van der Waals surface area contributed by atoms with Crippen LogP contribution in [0.15, 0.2) is 52.9 Å². The van der Waals surface area contributed by atoms with Crippen LogP contribution in [-0.2, 0) is 17.8 Å².